The lowest BCUT2D eigenvalue weighted by Crippen LogP contribution is -2.40. The number of rotatable bonds is 2. The number of likely N-dealkylation sites (tertiary alicyclic amines) is 1. The molecule has 1 aliphatic carbocycles. The van der Waals surface area contributed by atoms with Crippen LogP contribution in [0.15, 0.2) is 41.5 Å². The molecule has 3 aliphatic rings. The van der Waals surface area contributed by atoms with Gasteiger partial charge in [0.05, 0.1) is 0 Å². The van der Waals surface area contributed by atoms with Gasteiger partial charge < -0.3 is 14.6 Å². The van der Waals surface area contributed by atoms with Crippen LogP contribution >= 0.6 is 0 Å². The third kappa shape index (κ3) is 2.78. The molecule has 1 saturated carbocycles. The Morgan fingerprint density at radius 2 is 1.93 bits per heavy atom. The summed E-state index contributed by atoms with van der Waals surface area (Å²) in [6.45, 7) is 2.33. The molecule has 2 atom stereocenters. The summed E-state index contributed by atoms with van der Waals surface area (Å²) in [5.41, 5.74) is 1.68. The van der Waals surface area contributed by atoms with Crippen molar-refractivity contribution in [1.29, 1.82) is 0 Å². The molecule has 2 aromatic heterocycles. The lowest BCUT2D eigenvalue weighted by molar-refractivity contribution is -0.00101. The van der Waals surface area contributed by atoms with Crippen LogP contribution in [0, 0.1) is 11.3 Å². The minimum absolute atomic E-state index is 0.122. The molecule has 6 nitrogen and oxygen atoms in total. The number of hydrogen-bond donors (Lipinski definition) is 1. The topological polar surface area (TPSA) is 75.3 Å². The highest BCUT2D eigenvalue weighted by molar-refractivity contribution is 5.94. The zero-order valence-corrected chi connectivity index (χ0v) is 15.9. The minimum Gasteiger partial charge on any atom is -0.381 e. The number of aromatic nitrogens is 2. The van der Waals surface area contributed by atoms with E-state index in [-0.39, 0.29) is 28.5 Å². The predicted molar refractivity (Wildman–Crippen MR) is 105 cm³/mol. The van der Waals surface area contributed by atoms with E-state index in [2.05, 4.69) is 9.97 Å². The van der Waals surface area contributed by atoms with Crippen LogP contribution in [0.3, 0.4) is 0 Å². The number of nitrogens with one attached hydrogen (secondary N) is 1. The third-order valence-electron chi connectivity index (χ3n) is 7.03. The Hall–Kier alpha value is -2.47. The standard InChI is InChI=1S/C22H25N3O3/c26-20-16(4-5-18(24-20)15-6-10-23-11-7-15)21(27)25-14-22(8-12-28-13-9-22)17-2-1-3-19(17)25/h4-7,10-11,17,19H,1-3,8-9,12-14H2,(H,24,26)/t17-,19+/m1/s1. The van der Waals surface area contributed by atoms with E-state index in [9.17, 15) is 9.59 Å². The zero-order chi connectivity index (χ0) is 19.1. The van der Waals surface area contributed by atoms with Crippen LogP contribution in [-0.4, -0.2) is 46.6 Å². The number of carbonyl (C=O) groups excluding carboxylic acids is 1. The van der Waals surface area contributed by atoms with Crippen LogP contribution in [0.25, 0.3) is 11.3 Å². The maximum atomic E-state index is 13.3. The summed E-state index contributed by atoms with van der Waals surface area (Å²) in [6, 6.07) is 7.44. The van der Waals surface area contributed by atoms with Gasteiger partial charge in [0.1, 0.15) is 5.56 Å². The first-order chi connectivity index (χ1) is 13.7. The highest BCUT2D eigenvalue weighted by Gasteiger charge is 2.55. The maximum Gasteiger partial charge on any atom is 0.261 e. The van der Waals surface area contributed by atoms with Crippen LogP contribution in [0.5, 0.6) is 0 Å². The number of pyridine rings is 2. The van der Waals surface area contributed by atoms with Gasteiger partial charge in [-0.2, -0.15) is 0 Å². The lowest BCUT2D eigenvalue weighted by atomic mass is 9.71. The fraction of sp³-hybridized carbons (Fsp3) is 0.500. The first-order valence-electron chi connectivity index (χ1n) is 10.2. The molecule has 4 heterocycles. The Kier molecular flexibility index (Phi) is 4.31. The molecule has 28 heavy (non-hydrogen) atoms. The summed E-state index contributed by atoms with van der Waals surface area (Å²) in [4.78, 5) is 35.0. The molecule has 2 aromatic rings. The van der Waals surface area contributed by atoms with E-state index >= 15 is 0 Å². The second kappa shape index (κ2) is 6.85. The van der Waals surface area contributed by atoms with Crippen LogP contribution in [0.2, 0.25) is 0 Å². The van der Waals surface area contributed by atoms with E-state index in [1.807, 2.05) is 23.1 Å². The van der Waals surface area contributed by atoms with Crippen LogP contribution < -0.4 is 5.56 Å². The molecule has 0 unspecified atom stereocenters. The second-order valence-corrected chi connectivity index (χ2v) is 8.36. The van der Waals surface area contributed by atoms with Crippen molar-refractivity contribution in [2.75, 3.05) is 19.8 Å². The van der Waals surface area contributed by atoms with Gasteiger partial charge in [0.25, 0.3) is 11.5 Å². The highest BCUT2D eigenvalue weighted by Crippen LogP contribution is 2.53. The third-order valence-corrected chi connectivity index (χ3v) is 7.03. The Balaban J connectivity index is 1.44. The molecule has 0 aromatic carbocycles. The molecular weight excluding hydrogens is 354 g/mol. The molecule has 1 spiro atoms. The Labute approximate surface area is 163 Å². The van der Waals surface area contributed by atoms with Gasteiger partial charge in [-0.25, -0.2) is 0 Å². The van der Waals surface area contributed by atoms with E-state index in [1.165, 1.54) is 12.8 Å². The fourth-order valence-electron chi connectivity index (χ4n) is 5.63. The second-order valence-electron chi connectivity index (χ2n) is 8.36. The summed E-state index contributed by atoms with van der Waals surface area (Å²) >= 11 is 0. The smallest absolute Gasteiger partial charge is 0.261 e. The highest BCUT2D eigenvalue weighted by atomic mass is 16.5. The van der Waals surface area contributed by atoms with Gasteiger partial charge in [-0.3, -0.25) is 14.6 Å². The summed E-state index contributed by atoms with van der Waals surface area (Å²) in [6.07, 6.45) is 8.82. The number of ether oxygens (including phenoxy) is 1. The molecule has 1 N–H and O–H groups in total. The SMILES string of the molecule is O=C(c1ccc(-c2ccncc2)[nH]c1=O)N1CC2(CCOCC2)[C@@H]2CCC[C@@H]21. The van der Waals surface area contributed by atoms with Gasteiger partial charge in [0.2, 0.25) is 0 Å². The first kappa shape index (κ1) is 17.6. The molecule has 2 saturated heterocycles. The molecule has 6 heteroatoms. The Bertz CT molecular complexity index is 934. The molecular formula is C22H25N3O3. The molecule has 3 fully saturated rings. The van der Waals surface area contributed by atoms with Gasteiger partial charge in [0.15, 0.2) is 0 Å². The number of carbonyl (C=O) groups is 1. The van der Waals surface area contributed by atoms with Crippen molar-refractivity contribution in [2.45, 2.75) is 38.1 Å². The molecule has 5 rings (SSSR count). The normalized spacial score (nSPS) is 25.8. The number of amides is 1. The van der Waals surface area contributed by atoms with Crippen molar-refractivity contribution in [3.63, 3.8) is 0 Å². The minimum atomic E-state index is -0.318. The van der Waals surface area contributed by atoms with Crippen LogP contribution in [-0.2, 0) is 4.74 Å². The number of nitrogens with zero attached hydrogens (tertiary/aromatic N) is 2. The summed E-state index contributed by atoms with van der Waals surface area (Å²) in [5, 5.41) is 0. The Morgan fingerprint density at radius 1 is 1.14 bits per heavy atom. The largest absolute Gasteiger partial charge is 0.381 e. The molecule has 1 amide bonds. The van der Waals surface area contributed by atoms with E-state index < -0.39 is 0 Å². The summed E-state index contributed by atoms with van der Waals surface area (Å²) in [7, 11) is 0. The van der Waals surface area contributed by atoms with Gasteiger partial charge in [-0.05, 0) is 61.3 Å². The fourth-order valence-corrected chi connectivity index (χ4v) is 5.63. The van der Waals surface area contributed by atoms with E-state index in [1.54, 1.807) is 18.5 Å². The van der Waals surface area contributed by atoms with Gasteiger partial charge in [0, 0.05) is 49.5 Å². The van der Waals surface area contributed by atoms with Crippen molar-refractivity contribution in [3.8, 4) is 11.3 Å². The number of fused-ring (bicyclic) bond motifs is 2. The first-order valence-corrected chi connectivity index (χ1v) is 10.2. The zero-order valence-electron chi connectivity index (χ0n) is 15.9. The van der Waals surface area contributed by atoms with Gasteiger partial charge in [-0.1, -0.05) is 6.42 Å². The molecule has 0 bridgehead atoms. The maximum absolute atomic E-state index is 13.3. The van der Waals surface area contributed by atoms with E-state index in [4.69, 9.17) is 4.74 Å². The van der Waals surface area contributed by atoms with Gasteiger partial charge in [-0.15, -0.1) is 0 Å². The monoisotopic (exact) mass is 379 g/mol. The number of aromatic amines is 1. The van der Waals surface area contributed by atoms with E-state index in [0.717, 1.165) is 44.6 Å². The predicted octanol–water partition coefficient (Wildman–Crippen LogP) is 2.86. The van der Waals surface area contributed by atoms with Crippen molar-refractivity contribution >= 4 is 5.91 Å². The summed E-state index contributed by atoms with van der Waals surface area (Å²) < 4.78 is 5.60. The number of H-pyrrole nitrogens is 1. The average molecular weight is 379 g/mol. The Morgan fingerprint density at radius 3 is 2.68 bits per heavy atom. The summed E-state index contributed by atoms with van der Waals surface area (Å²) in [5.74, 6) is 0.429. The van der Waals surface area contributed by atoms with Crippen LogP contribution in [0.4, 0.5) is 0 Å². The molecule has 0 radical (unpaired) electrons. The molecule has 2 aliphatic heterocycles. The number of hydrogen-bond acceptors (Lipinski definition) is 4. The van der Waals surface area contributed by atoms with E-state index in [0.29, 0.717) is 11.6 Å². The lowest BCUT2D eigenvalue weighted by Gasteiger charge is -2.37. The molecule has 146 valence electrons. The van der Waals surface area contributed by atoms with Crippen molar-refractivity contribution in [1.82, 2.24) is 14.9 Å². The van der Waals surface area contributed by atoms with Crippen molar-refractivity contribution < 1.29 is 9.53 Å². The van der Waals surface area contributed by atoms with Crippen molar-refractivity contribution in [2.24, 2.45) is 11.3 Å². The average Bonchev–Trinajstić information content (AvgIpc) is 3.32. The quantitative estimate of drug-likeness (QED) is 0.871. The van der Waals surface area contributed by atoms with Crippen LogP contribution in [0.1, 0.15) is 42.5 Å². The van der Waals surface area contributed by atoms with Crippen molar-refractivity contribution in [3.05, 3.63) is 52.6 Å². The van der Waals surface area contributed by atoms with Gasteiger partial charge >= 0.3 is 0 Å².